The predicted octanol–water partition coefficient (Wildman–Crippen LogP) is 1.48. The molecule has 13 nitrogen and oxygen atoms in total. The average Bonchev–Trinajstić information content (AvgIpc) is 3.09. The summed E-state index contributed by atoms with van der Waals surface area (Å²) in [6, 6.07) is 0. The molecule has 0 bridgehead atoms. The second-order valence-corrected chi connectivity index (χ2v) is 11.2. The first-order chi connectivity index (χ1) is 19.5. The van der Waals surface area contributed by atoms with Gasteiger partial charge in [0.05, 0.1) is 24.0 Å². The molecule has 9 atom stereocenters. The van der Waals surface area contributed by atoms with Gasteiger partial charge in [0.1, 0.15) is 24.4 Å². The highest BCUT2D eigenvalue weighted by Crippen LogP contribution is 2.55. The lowest BCUT2D eigenvalue weighted by atomic mass is 9.56. The van der Waals surface area contributed by atoms with Crippen molar-refractivity contribution in [1.29, 1.82) is 0 Å². The van der Waals surface area contributed by atoms with Gasteiger partial charge in [0, 0.05) is 46.5 Å². The second-order valence-electron chi connectivity index (χ2n) is 11.2. The van der Waals surface area contributed by atoms with Gasteiger partial charge in [0.2, 0.25) is 0 Å². The van der Waals surface area contributed by atoms with Crippen LogP contribution in [0.15, 0.2) is 23.3 Å². The van der Waals surface area contributed by atoms with E-state index in [1.54, 1.807) is 19.9 Å². The standard InChI is InChI=1S/C29H38O13/c1-13-9-10-21(39-16(4)31)28(7)22(40-17(5)32)12-20(38-15(3)30)19(27(35)37-8)11-23-29(36,14(2)26(34)42-23)25(24(13)28)41-18(6)33/h9,11,14,20-25,36H,10,12H2,1-8H3/b19-11+/t14-,20+,21-,22+,23-,24+,25+,28+,29-/m0/s1. The monoisotopic (exact) mass is 594 g/mol. The maximum absolute atomic E-state index is 13.1. The highest BCUT2D eigenvalue weighted by atomic mass is 16.6. The van der Waals surface area contributed by atoms with Crippen LogP contribution in [0.2, 0.25) is 0 Å². The van der Waals surface area contributed by atoms with Crippen molar-refractivity contribution in [2.45, 2.75) is 97.4 Å². The first-order valence-electron chi connectivity index (χ1n) is 13.6. The summed E-state index contributed by atoms with van der Waals surface area (Å²) >= 11 is 0. The van der Waals surface area contributed by atoms with Gasteiger partial charge in [0.25, 0.3) is 0 Å². The van der Waals surface area contributed by atoms with Gasteiger partial charge < -0.3 is 33.5 Å². The molecule has 1 N–H and O–H groups in total. The Morgan fingerprint density at radius 3 is 2.00 bits per heavy atom. The molecular formula is C29H38O13. The maximum atomic E-state index is 13.1. The number of methoxy groups -OCH3 is 1. The fraction of sp³-hybridized carbons (Fsp3) is 0.655. The largest absolute Gasteiger partial charge is 0.466 e. The zero-order valence-electron chi connectivity index (χ0n) is 25.0. The number of hydrogen-bond acceptors (Lipinski definition) is 13. The van der Waals surface area contributed by atoms with Crippen molar-refractivity contribution >= 4 is 35.8 Å². The Labute approximate surface area is 243 Å². The molecule has 13 heteroatoms. The number of hydrogen-bond donors (Lipinski definition) is 1. The molecule has 3 rings (SSSR count). The predicted molar refractivity (Wildman–Crippen MR) is 141 cm³/mol. The van der Waals surface area contributed by atoms with E-state index < -0.39 is 89.2 Å². The maximum Gasteiger partial charge on any atom is 0.337 e. The normalized spacial score (nSPS) is 37.3. The molecule has 0 amide bonds. The quantitative estimate of drug-likeness (QED) is 0.275. The first kappa shape index (κ1) is 32.8. The van der Waals surface area contributed by atoms with Crippen molar-refractivity contribution in [1.82, 2.24) is 0 Å². The molecule has 1 aliphatic heterocycles. The van der Waals surface area contributed by atoms with E-state index >= 15 is 0 Å². The Balaban J connectivity index is 2.50. The molecule has 1 heterocycles. The first-order valence-corrected chi connectivity index (χ1v) is 13.6. The summed E-state index contributed by atoms with van der Waals surface area (Å²) in [4.78, 5) is 75.8. The minimum Gasteiger partial charge on any atom is -0.466 e. The summed E-state index contributed by atoms with van der Waals surface area (Å²) in [7, 11) is 1.08. The van der Waals surface area contributed by atoms with Crippen LogP contribution in [0.1, 0.15) is 61.3 Å². The molecule has 1 fully saturated rings. The Kier molecular flexibility index (Phi) is 9.55. The summed E-state index contributed by atoms with van der Waals surface area (Å²) in [6.07, 6.45) is -4.17. The van der Waals surface area contributed by atoms with Gasteiger partial charge in [-0.05, 0) is 19.9 Å². The molecular weight excluding hydrogens is 556 g/mol. The van der Waals surface area contributed by atoms with E-state index in [9.17, 15) is 33.9 Å². The lowest BCUT2D eigenvalue weighted by Crippen LogP contribution is -2.65. The van der Waals surface area contributed by atoms with E-state index in [1.165, 1.54) is 13.8 Å². The third kappa shape index (κ3) is 5.92. The fourth-order valence-corrected chi connectivity index (χ4v) is 6.50. The van der Waals surface area contributed by atoms with E-state index in [1.807, 2.05) is 0 Å². The highest BCUT2D eigenvalue weighted by Gasteiger charge is 2.67. The van der Waals surface area contributed by atoms with E-state index in [0.717, 1.165) is 34.0 Å². The molecule has 42 heavy (non-hydrogen) atoms. The zero-order chi connectivity index (χ0) is 31.7. The lowest BCUT2D eigenvalue weighted by molar-refractivity contribution is -0.218. The molecule has 3 aliphatic rings. The van der Waals surface area contributed by atoms with Crippen molar-refractivity contribution in [3.63, 3.8) is 0 Å². The van der Waals surface area contributed by atoms with Crippen LogP contribution in [0.5, 0.6) is 0 Å². The minimum atomic E-state index is -2.31. The molecule has 2 aliphatic carbocycles. The summed E-state index contributed by atoms with van der Waals surface area (Å²) < 4.78 is 33.4. The van der Waals surface area contributed by atoms with Crippen molar-refractivity contribution < 1.29 is 62.3 Å². The zero-order valence-corrected chi connectivity index (χ0v) is 25.0. The van der Waals surface area contributed by atoms with Gasteiger partial charge in [0.15, 0.2) is 11.7 Å². The molecule has 1 saturated heterocycles. The van der Waals surface area contributed by atoms with Crippen LogP contribution in [0.25, 0.3) is 0 Å². The minimum absolute atomic E-state index is 0.147. The van der Waals surface area contributed by atoms with Crippen LogP contribution in [-0.4, -0.2) is 84.2 Å². The molecule has 0 aromatic heterocycles. The number of carbonyl (C=O) groups excluding carboxylic acids is 6. The van der Waals surface area contributed by atoms with Crippen molar-refractivity contribution in [2.75, 3.05) is 7.11 Å². The molecule has 0 aromatic rings. The van der Waals surface area contributed by atoms with E-state index in [-0.39, 0.29) is 18.4 Å². The van der Waals surface area contributed by atoms with Crippen molar-refractivity contribution in [3.05, 3.63) is 23.3 Å². The average molecular weight is 595 g/mol. The molecule has 0 unspecified atom stereocenters. The van der Waals surface area contributed by atoms with Gasteiger partial charge >= 0.3 is 35.8 Å². The van der Waals surface area contributed by atoms with Gasteiger partial charge in [-0.1, -0.05) is 18.6 Å². The van der Waals surface area contributed by atoms with Crippen LogP contribution in [-0.2, 0) is 57.2 Å². The molecule has 0 radical (unpaired) electrons. The van der Waals surface area contributed by atoms with Crippen LogP contribution < -0.4 is 0 Å². The molecule has 232 valence electrons. The highest BCUT2D eigenvalue weighted by molar-refractivity contribution is 5.90. The summed E-state index contributed by atoms with van der Waals surface area (Å²) in [5.41, 5.74) is -3.53. The number of aliphatic hydroxyl groups is 1. The SMILES string of the molecule is COC(=O)/C1=C/[C@@H]2OC(=O)[C@H](C)[C@@]2(O)[C@H](OC(C)=O)[C@H]2C(C)=CC[C@H](OC(C)=O)[C@]2(C)[C@H](OC(C)=O)C[C@H]1OC(C)=O. The Morgan fingerprint density at radius 1 is 0.929 bits per heavy atom. The third-order valence-corrected chi connectivity index (χ3v) is 8.45. The van der Waals surface area contributed by atoms with Crippen molar-refractivity contribution in [3.8, 4) is 0 Å². The van der Waals surface area contributed by atoms with Gasteiger partial charge in [-0.2, -0.15) is 0 Å². The van der Waals surface area contributed by atoms with Crippen molar-refractivity contribution in [2.24, 2.45) is 17.3 Å². The Bertz CT molecular complexity index is 1220. The number of carbonyl (C=O) groups is 6. The smallest absolute Gasteiger partial charge is 0.337 e. The molecule has 0 aromatic carbocycles. The third-order valence-electron chi connectivity index (χ3n) is 8.45. The number of ether oxygens (including phenoxy) is 6. The number of esters is 6. The topological polar surface area (TPSA) is 178 Å². The summed E-state index contributed by atoms with van der Waals surface area (Å²) in [6.45, 7) is 9.30. The van der Waals surface area contributed by atoms with Crippen LogP contribution in [0.4, 0.5) is 0 Å². The Morgan fingerprint density at radius 2 is 1.48 bits per heavy atom. The summed E-state index contributed by atoms with van der Waals surface area (Å²) in [5.74, 6) is -7.18. The second kappa shape index (κ2) is 12.2. The fourth-order valence-electron chi connectivity index (χ4n) is 6.50. The van der Waals surface area contributed by atoms with Gasteiger partial charge in [-0.25, -0.2) is 4.79 Å². The molecule has 0 saturated carbocycles. The van der Waals surface area contributed by atoms with Gasteiger partial charge in [-0.15, -0.1) is 0 Å². The molecule has 0 spiro atoms. The number of rotatable bonds is 5. The van der Waals surface area contributed by atoms with E-state index in [2.05, 4.69) is 0 Å². The number of fused-ring (bicyclic) bond motifs is 2. The summed E-state index contributed by atoms with van der Waals surface area (Å²) in [5, 5.41) is 12.5. The van der Waals surface area contributed by atoms with Crippen LogP contribution in [0.3, 0.4) is 0 Å². The van der Waals surface area contributed by atoms with E-state index in [0.29, 0.717) is 5.57 Å². The van der Waals surface area contributed by atoms with Gasteiger partial charge in [-0.3, -0.25) is 24.0 Å². The van der Waals surface area contributed by atoms with Crippen LogP contribution >= 0.6 is 0 Å². The van der Waals surface area contributed by atoms with E-state index in [4.69, 9.17) is 28.4 Å². The van der Waals surface area contributed by atoms with Crippen LogP contribution in [0, 0.1) is 17.3 Å². The lowest BCUT2D eigenvalue weighted by Gasteiger charge is -2.54. The Hall–Kier alpha value is -3.74.